The second kappa shape index (κ2) is 7.28. The van der Waals surface area contributed by atoms with E-state index in [1.54, 1.807) is 44.2 Å². The third-order valence-electron chi connectivity index (χ3n) is 4.19. The van der Waals surface area contributed by atoms with Gasteiger partial charge in [0.05, 0.1) is 4.88 Å². The van der Waals surface area contributed by atoms with Crippen molar-refractivity contribution < 1.29 is 9.59 Å². The summed E-state index contributed by atoms with van der Waals surface area (Å²) in [5, 5.41) is 9.09. The number of rotatable bonds is 5. The first-order valence-electron chi connectivity index (χ1n) is 8.36. The average molecular weight is 381 g/mol. The minimum absolute atomic E-state index is 0.0908. The molecule has 0 unspecified atom stereocenters. The maximum Gasteiger partial charge on any atom is 0.267 e. The summed E-state index contributed by atoms with van der Waals surface area (Å²) in [5.74, 6) is -0.493. The highest BCUT2D eigenvalue weighted by atomic mass is 32.1. The zero-order chi connectivity index (χ0) is 19.6. The number of thiophene rings is 1. The summed E-state index contributed by atoms with van der Waals surface area (Å²) in [5.41, 5.74) is 0.0251. The molecule has 6 nitrogen and oxygen atoms in total. The number of ketones is 1. The van der Waals surface area contributed by atoms with Gasteiger partial charge in [-0.2, -0.15) is 5.10 Å². The van der Waals surface area contributed by atoms with Gasteiger partial charge < -0.3 is 5.32 Å². The molecule has 0 atom stereocenters. The Morgan fingerprint density at radius 3 is 2.56 bits per heavy atom. The van der Waals surface area contributed by atoms with Gasteiger partial charge in [0, 0.05) is 17.3 Å². The van der Waals surface area contributed by atoms with E-state index < -0.39 is 11.4 Å². The fourth-order valence-corrected chi connectivity index (χ4v) is 3.25. The Kier molecular flexibility index (Phi) is 5.05. The van der Waals surface area contributed by atoms with Gasteiger partial charge in [-0.05, 0) is 50.4 Å². The molecule has 1 amide bonds. The normalized spacial score (nSPS) is 11.2. The van der Waals surface area contributed by atoms with Gasteiger partial charge in [0.25, 0.3) is 11.5 Å². The molecule has 1 N–H and O–H groups in total. The molecule has 0 radical (unpaired) electrons. The molecule has 1 aromatic carbocycles. The van der Waals surface area contributed by atoms with Crippen LogP contribution in [0.1, 0.15) is 31.1 Å². The van der Waals surface area contributed by atoms with Crippen molar-refractivity contribution in [2.45, 2.75) is 26.3 Å². The summed E-state index contributed by atoms with van der Waals surface area (Å²) in [7, 11) is 0. The molecule has 3 aromatic rings. The highest BCUT2D eigenvalue weighted by Gasteiger charge is 2.32. The van der Waals surface area contributed by atoms with Crippen molar-refractivity contribution in [3.05, 3.63) is 69.8 Å². The number of anilines is 1. The molecule has 0 saturated carbocycles. The second-order valence-corrected chi connectivity index (χ2v) is 7.54. The molecule has 0 fully saturated rings. The number of hydrogen-bond donors (Lipinski definition) is 1. The van der Waals surface area contributed by atoms with E-state index in [2.05, 4.69) is 10.4 Å². The van der Waals surface area contributed by atoms with Gasteiger partial charge in [-0.1, -0.05) is 18.2 Å². The first-order chi connectivity index (χ1) is 12.8. The number of nitrogens with zero attached hydrogens (tertiary/aromatic N) is 2. The van der Waals surface area contributed by atoms with Crippen LogP contribution in [0.3, 0.4) is 0 Å². The molecule has 7 heteroatoms. The standard InChI is InChI=1S/C20H19N3O3S/c1-13(24)14-6-4-7-15(12-14)21-19(26)20(2,3)23-18(25)10-9-16(22-23)17-8-5-11-27-17/h4-12H,1-3H3,(H,21,26). The van der Waals surface area contributed by atoms with Crippen LogP contribution in [0, 0.1) is 0 Å². The monoisotopic (exact) mass is 381 g/mol. The minimum atomic E-state index is -1.23. The molecule has 0 aliphatic rings. The third-order valence-corrected chi connectivity index (χ3v) is 5.08. The van der Waals surface area contributed by atoms with Gasteiger partial charge in [0.15, 0.2) is 5.78 Å². The van der Waals surface area contributed by atoms with Crippen molar-refractivity contribution in [1.29, 1.82) is 0 Å². The van der Waals surface area contributed by atoms with E-state index >= 15 is 0 Å². The molecular weight excluding hydrogens is 362 g/mol. The lowest BCUT2D eigenvalue weighted by Crippen LogP contribution is -2.47. The quantitative estimate of drug-likeness (QED) is 0.686. The van der Waals surface area contributed by atoms with Crippen molar-refractivity contribution in [3.8, 4) is 10.6 Å². The van der Waals surface area contributed by atoms with Crippen LogP contribution in [0.25, 0.3) is 10.6 Å². The van der Waals surface area contributed by atoms with Crippen LogP contribution in [0.4, 0.5) is 5.69 Å². The number of Topliss-reactive ketones (excluding diaryl/α,β-unsaturated/α-hetero) is 1. The summed E-state index contributed by atoms with van der Waals surface area (Å²) < 4.78 is 1.19. The van der Waals surface area contributed by atoms with Gasteiger partial charge >= 0.3 is 0 Å². The molecule has 0 aliphatic heterocycles. The smallest absolute Gasteiger partial charge is 0.267 e. The van der Waals surface area contributed by atoms with Crippen LogP contribution in [0.5, 0.6) is 0 Å². The lowest BCUT2D eigenvalue weighted by Gasteiger charge is -2.25. The van der Waals surface area contributed by atoms with Crippen LogP contribution in [-0.4, -0.2) is 21.5 Å². The van der Waals surface area contributed by atoms with Crippen molar-refractivity contribution in [2.24, 2.45) is 0 Å². The van der Waals surface area contributed by atoms with Gasteiger partial charge in [0.2, 0.25) is 0 Å². The lowest BCUT2D eigenvalue weighted by atomic mass is 10.0. The Bertz CT molecular complexity index is 1050. The first-order valence-corrected chi connectivity index (χ1v) is 9.24. The van der Waals surface area contributed by atoms with E-state index in [0.717, 1.165) is 4.88 Å². The number of benzene rings is 1. The molecule has 2 aromatic heterocycles. The highest BCUT2D eigenvalue weighted by Crippen LogP contribution is 2.23. The average Bonchev–Trinajstić information content (AvgIpc) is 3.16. The lowest BCUT2D eigenvalue weighted by molar-refractivity contribution is -0.123. The van der Waals surface area contributed by atoms with E-state index in [0.29, 0.717) is 16.9 Å². The van der Waals surface area contributed by atoms with Crippen LogP contribution >= 0.6 is 11.3 Å². The predicted molar refractivity (Wildman–Crippen MR) is 106 cm³/mol. The number of carbonyl (C=O) groups excluding carboxylic acids is 2. The molecule has 138 valence electrons. The Morgan fingerprint density at radius 1 is 1.11 bits per heavy atom. The van der Waals surface area contributed by atoms with E-state index in [4.69, 9.17) is 0 Å². The van der Waals surface area contributed by atoms with E-state index in [9.17, 15) is 14.4 Å². The summed E-state index contributed by atoms with van der Waals surface area (Å²) in [4.78, 5) is 37.7. The zero-order valence-electron chi connectivity index (χ0n) is 15.2. The summed E-state index contributed by atoms with van der Waals surface area (Å²) in [6.45, 7) is 4.72. The number of hydrogen-bond acceptors (Lipinski definition) is 5. The Hall–Kier alpha value is -3.06. The molecule has 0 saturated heterocycles. The van der Waals surface area contributed by atoms with Crippen molar-refractivity contribution in [3.63, 3.8) is 0 Å². The van der Waals surface area contributed by atoms with Crippen LogP contribution in [0.2, 0.25) is 0 Å². The largest absolute Gasteiger partial charge is 0.324 e. The van der Waals surface area contributed by atoms with E-state index in [1.165, 1.54) is 29.0 Å². The molecular formula is C20H19N3O3S. The Morgan fingerprint density at radius 2 is 1.89 bits per heavy atom. The van der Waals surface area contributed by atoms with Gasteiger partial charge in [-0.25, -0.2) is 4.68 Å². The molecule has 0 aliphatic carbocycles. The third kappa shape index (κ3) is 3.88. The molecule has 0 bridgehead atoms. The molecule has 27 heavy (non-hydrogen) atoms. The number of carbonyl (C=O) groups is 2. The summed E-state index contributed by atoms with van der Waals surface area (Å²) in [6, 6.07) is 13.5. The van der Waals surface area contributed by atoms with Crippen LogP contribution in [0.15, 0.2) is 58.7 Å². The van der Waals surface area contributed by atoms with Gasteiger partial charge in [-0.3, -0.25) is 14.4 Å². The van der Waals surface area contributed by atoms with E-state index in [-0.39, 0.29) is 11.3 Å². The predicted octanol–water partition coefficient (Wildman–Crippen LogP) is 3.55. The maximum atomic E-state index is 12.9. The number of amides is 1. The van der Waals surface area contributed by atoms with Gasteiger partial charge in [0.1, 0.15) is 11.2 Å². The van der Waals surface area contributed by atoms with Gasteiger partial charge in [-0.15, -0.1) is 11.3 Å². The number of aromatic nitrogens is 2. The molecule has 2 heterocycles. The SMILES string of the molecule is CC(=O)c1cccc(NC(=O)C(C)(C)n2nc(-c3cccs3)ccc2=O)c1. The van der Waals surface area contributed by atoms with Crippen molar-refractivity contribution >= 4 is 28.7 Å². The van der Waals surface area contributed by atoms with Crippen LogP contribution in [-0.2, 0) is 10.3 Å². The Balaban J connectivity index is 1.93. The molecule has 0 spiro atoms. The van der Waals surface area contributed by atoms with Crippen molar-refractivity contribution in [1.82, 2.24) is 9.78 Å². The minimum Gasteiger partial charge on any atom is -0.324 e. The first kappa shape index (κ1) is 18.7. The summed E-state index contributed by atoms with van der Waals surface area (Å²) >= 11 is 1.51. The highest BCUT2D eigenvalue weighted by molar-refractivity contribution is 7.13. The fourth-order valence-electron chi connectivity index (χ4n) is 2.56. The van der Waals surface area contributed by atoms with Crippen LogP contribution < -0.4 is 10.9 Å². The topological polar surface area (TPSA) is 81.1 Å². The second-order valence-electron chi connectivity index (χ2n) is 6.60. The Labute approximate surface area is 160 Å². The van der Waals surface area contributed by atoms with E-state index in [1.807, 2.05) is 17.5 Å². The maximum absolute atomic E-state index is 12.9. The fraction of sp³-hybridized carbons (Fsp3) is 0.200. The van der Waals surface area contributed by atoms with Crippen molar-refractivity contribution in [2.75, 3.05) is 5.32 Å². The summed E-state index contributed by atoms with van der Waals surface area (Å²) in [6.07, 6.45) is 0. The number of nitrogens with one attached hydrogen (secondary N) is 1. The zero-order valence-corrected chi connectivity index (χ0v) is 16.0. The molecule has 3 rings (SSSR count).